The van der Waals surface area contributed by atoms with Crippen LogP contribution < -0.4 is 10.2 Å². The van der Waals surface area contributed by atoms with Crippen LogP contribution in [0.1, 0.15) is 27.7 Å². The lowest BCUT2D eigenvalue weighted by Gasteiger charge is -2.35. The molecule has 1 heterocycles. The van der Waals surface area contributed by atoms with Crippen molar-refractivity contribution in [1.29, 1.82) is 0 Å². The maximum absolute atomic E-state index is 9.81. The molecule has 1 aromatic carbocycles. The normalized spacial score (nSPS) is 20.6. The molecule has 0 bridgehead atoms. The van der Waals surface area contributed by atoms with Crippen molar-refractivity contribution in [2.24, 2.45) is 10.8 Å². The Balaban J connectivity index is 2.37. The van der Waals surface area contributed by atoms with Gasteiger partial charge in [-0.05, 0) is 23.0 Å². The number of benzene rings is 1. The van der Waals surface area contributed by atoms with Crippen molar-refractivity contribution >= 4 is 23.8 Å². The standard InChI is InChI=1S/C15H22BClO2/c1-14(2)8-16(9-15(14,3)4)10-6-11(17)13(18)12(7-10)19-5/h6-7,18H,8-9H2,1-5H3. The summed E-state index contributed by atoms with van der Waals surface area (Å²) < 4.78 is 5.20. The van der Waals surface area contributed by atoms with Crippen LogP contribution >= 0.6 is 11.6 Å². The molecule has 4 heteroatoms. The van der Waals surface area contributed by atoms with Gasteiger partial charge in [0.1, 0.15) is 0 Å². The van der Waals surface area contributed by atoms with Gasteiger partial charge < -0.3 is 9.84 Å². The Morgan fingerprint density at radius 2 is 1.68 bits per heavy atom. The van der Waals surface area contributed by atoms with E-state index in [0.29, 0.717) is 28.3 Å². The van der Waals surface area contributed by atoms with Crippen LogP contribution in [0.15, 0.2) is 12.1 Å². The van der Waals surface area contributed by atoms with Crippen molar-refractivity contribution in [2.75, 3.05) is 7.11 Å². The molecule has 0 atom stereocenters. The monoisotopic (exact) mass is 280 g/mol. The average Bonchev–Trinajstić information content (AvgIpc) is 2.52. The predicted molar refractivity (Wildman–Crippen MR) is 82.2 cm³/mol. The van der Waals surface area contributed by atoms with Gasteiger partial charge in [-0.15, -0.1) is 0 Å². The molecule has 1 N–H and O–H groups in total. The van der Waals surface area contributed by atoms with E-state index in [0.717, 1.165) is 12.6 Å². The summed E-state index contributed by atoms with van der Waals surface area (Å²) in [6.07, 6.45) is 2.26. The molecule has 0 amide bonds. The minimum atomic E-state index is 0.0319. The molecule has 0 aromatic heterocycles. The number of hydrogen-bond acceptors (Lipinski definition) is 2. The minimum absolute atomic E-state index is 0.0319. The zero-order valence-electron chi connectivity index (χ0n) is 12.4. The van der Waals surface area contributed by atoms with Crippen molar-refractivity contribution in [2.45, 2.75) is 40.3 Å². The third kappa shape index (κ3) is 2.45. The summed E-state index contributed by atoms with van der Waals surface area (Å²) in [6.45, 7) is 9.77. The van der Waals surface area contributed by atoms with E-state index in [1.807, 2.05) is 12.1 Å². The lowest BCUT2D eigenvalue weighted by Crippen LogP contribution is -2.28. The number of hydrogen-bond donors (Lipinski definition) is 1. The molecule has 2 nitrogen and oxygen atoms in total. The molecule has 0 unspecified atom stereocenters. The molecule has 0 spiro atoms. The van der Waals surface area contributed by atoms with Crippen LogP contribution in [0, 0.1) is 10.8 Å². The van der Waals surface area contributed by atoms with Gasteiger partial charge in [0.05, 0.1) is 12.1 Å². The summed E-state index contributed by atoms with van der Waals surface area (Å²) in [5, 5.41) is 10.2. The van der Waals surface area contributed by atoms with Gasteiger partial charge in [-0.2, -0.15) is 0 Å². The van der Waals surface area contributed by atoms with Gasteiger partial charge in [-0.3, -0.25) is 0 Å². The molecule has 1 aliphatic heterocycles. The Kier molecular flexibility index (Phi) is 3.55. The molecule has 0 saturated carbocycles. The van der Waals surface area contributed by atoms with Crippen molar-refractivity contribution in [3.63, 3.8) is 0 Å². The minimum Gasteiger partial charge on any atom is -0.503 e. The molecule has 1 aromatic rings. The van der Waals surface area contributed by atoms with E-state index in [-0.39, 0.29) is 5.75 Å². The van der Waals surface area contributed by atoms with Crippen LogP contribution in [0.4, 0.5) is 0 Å². The summed E-state index contributed by atoms with van der Waals surface area (Å²) in [6, 6.07) is 3.80. The highest BCUT2D eigenvalue weighted by Crippen LogP contribution is 2.52. The van der Waals surface area contributed by atoms with E-state index >= 15 is 0 Å². The molecule has 0 aliphatic carbocycles. The van der Waals surface area contributed by atoms with E-state index in [9.17, 15) is 5.11 Å². The van der Waals surface area contributed by atoms with Gasteiger partial charge in [0.25, 0.3) is 0 Å². The topological polar surface area (TPSA) is 29.5 Å². The number of methoxy groups -OCH3 is 1. The Morgan fingerprint density at radius 1 is 1.16 bits per heavy atom. The van der Waals surface area contributed by atoms with Crippen LogP contribution in [0.5, 0.6) is 11.5 Å². The lowest BCUT2D eigenvalue weighted by molar-refractivity contribution is 0.177. The Labute approximate surface area is 121 Å². The van der Waals surface area contributed by atoms with E-state index < -0.39 is 0 Å². The van der Waals surface area contributed by atoms with E-state index in [2.05, 4.69) is 27.7 Å². The summed E-state index contributed by atoms with van der Waals surface area (Å²) in [5.74, 6) is 0.495. The zero-order chi connectivity index (χ0) is 14.4. The SMILES string of the molecule is COc1cc(B2CC(C)(C)C(C)(C)C2)cc(Cl)c1O. The molecular weight excluding hydrogens is 258 g/mol. The van der Waals surface area contributed by atoms with Gasteiger partial charge >= 0.3 is 0 Å². The van der Waals surface area contributed by atoms with Gasteiger partial charge in [0.2, 0.25) is 0 Å². The zero-order valence-corrected chi connectivity index (χ0v) is 13.1. The Hall–Kier alpha value is -0.825. The quantitative estimate of drug-likeness (QED) is 0.835. The van der Waals surface area contributed by atoms with E-state index in [4.69, 9.17) is 16.3 Å². The Morgan fingerprint density at radius 3 is 2.16 bits per heavy atom. The highest BCUT2D eigenvalue weighted by atomic mass is 35.5. The number of phenolic OH excluding ortho intramolecular Hbond substituents is 1. The van der Waals surface area contributed by atoms with E-state index in [1.165, 1.54) is 5.46 Å². The fraction of sp³-hybridized carbons (Fsp3) is 0.600. The fourth-order valence-electron chi connectivity index (χ4n) is 3.08. The third-order valence-electron chi connectivity index (χ3n) is 5.09. The Bertz CT molecular complexity index is 481. The number of aromatic hydroxyl groups is 1. The van der Waals surface area contributed by atoms with Gasteiger partial charge in [0, 0.05) is 0 Å². The first-order chi connectivity index (χ1) is 8.68. The molecule has 2 rings (SSSR count). The number of halogens is 1. The second-order valence-electron chi connectivity index (χ2n) is 6.93. The smallest absolute Gasteiger partial charge is 0.177 e. The molecule has 0 radical (unpaired) electrons. The summed E-state index contributed by atoms with van der Waals surface area (Å²) >= 11 is 6.09. The van der Waals surface area contributed by atoms with Crippen molar-refractivity contribution in [1.82, 2.24) is 0 Å². The van der Waals surface area contributed by atoms with Crippen LogP contribution in [0.3, 0.4) is 0 Å². The van der Waals surface area contributed by atoms with Crippen LogP contribution in [0.25, 0.3) is 0 Å². The second-order valence-corrected chi connectivity index (χ2v) is 7.33. The highest BCUT2D eigenvalue weighted by Gasteiger charge is 2.48. The first kappa shape index (κ1) is 14.6. The third-order valence-corrected chi connectivity index (χ3v) is 5.38. The average molecular weight is 281 g/mol. The van der Waals surface area contributed by atoms with Crippen molar-refractivity contribution in [3.8, 4) is 11.5 Å². The van der Waals surface area contributed by atoms with Crippen LogP contribution in [-0.2, 0) is 0 Å². The molecule has 104 valence electrons. The first-order valence-corrected chi connectivity index (χ1v) is 7.12. The second kappa shape index (κ2) is 4.62. The molecule has 1 saturated heterocycles. The molecular formula is C15H22BClO2. The summed E-state index contributed by atoms with van der Waals surface area (Å²) in [4.78, 5) is 0. The summed E-state index contributed by atoms with van der Waals surface area (Å²) in [5.41, 5.74) is 1.77. The fourth-order valence-corrected chi connectivity index (χ4v) is 3.30. The van der Waals surface area contributed by atoms with E-state index in [1.54, 1.807) is 7.11 Å². The summed E-state index contributed by atoms with van der Waals surface area (Å²) in [7, 11) is 1.55. The van der Waals surface area contributed by atoms with Crippen molar-refractivity contribution in [3.05, 3.63) is 17.2 Å². The van der Waals surface area contributed by atoms with Gasteiger partial charge in [-0.25, -0.2) is 0 Å². The van der Waals surface area contributed by atoms with Gasteiger partial charge in [-0.1, -0.05) is 57.4 Å². The highest BCUT2D eigenvalue weighted by molar-refractivity contribution is 6.74. The largest absolute Gasteiger partial charge is 0.503 e. The first-order valence-electron chi connectivity index (χ1n) is 6.74. The maximum Gasteiger partial charge on any atom is 0.177 e. The molecule has 19 heavy (non-hydrogen) atoms. The van der Waals surface area contributed by atoms with Gasteiger partial charge in [0.15, 0.2) is 18.2 Å². The van der Waals surface area contributed by atoms with Crippen LogP contribution in [-0.4, -0.2) is 18.9 Å². The number of ether oxygens (including phenoxy) is 1. The molecule has 1 fully saturated rings. The van der Waals surface area contributed by atoms with Crippen molar-refractivity contribution < 1.29 is 9.84 Å². The lowest BCUT2D eigenvalue weighted by atomic mass is 9.42. The number of rotatable bonds is 2. The van der Waals surface area contributed by atoms with Crippen LogP contribution in [0.2, 0.25) is 17.7 Å². The number of phenols is 1. The maximum atomic E-state index is 9.81. The molecule has 1 aliphatic rings. The predicted octanol–water partition coefficient (Wildman–Crippen LogP) is 3.82.